The first-order chi connectivity index (χ1) is 9.83. The van der Waals surface area contributed by atoms with Crippen molar-refractivity contribution in [2.75, 3.05) is 17.6 Å². The monoisotopic (exact) mass is 370 g/mol. The normalized spacial score (nSPS) is 11.2. The van der Waals surface area contributed by atoms with Crippen LogP contribution in [0.15, 0.2) is 45.8 Å². The standard InChI is InChI=1S/C14H15BrN2O3S/c1-9-4-3-5-13(16)14(9)21(18,19)17-11-6-10(15)7-12(8-11)20-2/h3-8,17H,16H2,1-2H3. The second-order valence-electron chi connectivity index (χ2n) is 4.48. The molecule has 2 aromatic carbocycles. The van der Waals surface area contributed by atoms with Gasteiger partial charge in [0.1, 0.15) is 10.6 Å². The molecule has 7 heteroatoms. The van der Waals surface area contributed by atoms with E-state index >= 15 is 0 Å². The van der Waals surface area contributed by atoms with Crippen LogP contribution in [0.25, 0.3) is 0 Å². The molecule has 0 saturated carbocycles. The molecule has 0 heterocycles. The number of aryl methyl sites for hydroxylation is 1. The largest absolute Gasteiger partial charge is 0.497 e. The zero-order valence-electron chi connectivity index (χ0n) is 11.6. The number of nitrogens with two attached hydrogens (primary N) is 1. The van der Waals surface area contributed by atoms with Gasteiger partial charge in [0.25, 0.3) is 10.0 Å². The second-order valence-corrected chi connectivity index (χ2v) is 7.01. The molecule has 112 valence electrons. The van der Waals surface area contributed by atoms with Crippen molar-refractivity contribution in [2.45, 2.75) is 11.8 Å². The summed E-state index contributed by atoms with van der Waals surface area (Å²) in [5.41, 5.74) is 6.99. The summed E-state index contributed by atoms with van der Waals surface area (Å²) in [6.07, 6.45) is 0. The van der Waals surface area contributed by atoms with Crippen LogP contribution < -0.4 is 15.2 Å². The molecule has 0 radical (unpaired) electrons. The number of methoxy groups -OCH3 is 1. The van der Waals surface area contributed by atoms with E-state index in [1.54, 1.807) is 43.3 Å². The van der Waals surface area contributed by atoms with Gasteiger partial charge in [-0.1, -0.05) is 28.1 Å². The summed E-state index contributed by atoms with van der Waals surface area (Å²) in [5, 5.41) is 0. The predicted octanol–water partition coefficient (Wildman–Crippen LogP) is 3.15. The van der Waals surface area contributed by atoms with E-state index in [1.807, 2.05) is 0 Å². The third-order valence-electron chi connectivity index (χ3n) is 2.87. The lowest BCUT2D eigenvalue weighted by Gasteiger charge is -2.13. The molecule has 0 atom stereocenters. The van der Waals surface area contributed by atoms with Crippen molar-refractivity contribution in [1.82, 2.24) is 0 Å². The van der Waals surface area contributed by atoms with E-state index in [4.69, 9.17) is 10.5 Å². The van der Waals surface area contributed by atoms with Crippen LogP contribution >= 0.6 is 15.9 Å². The molecule has 0 aliphatic rings. The molecule has 2 aromatic rings. The van der Waals surface area contributed by atoms with Gasteiger partial charge >= 0.3 is 0 Å². The molecule has 0 saturated heterocycles. The zero-order valence-corrected chi connectivity index (χ0v) is 14.0. The fourth-order valence-electron chi connectivity index (χ4n) is 1.99. The van der Waals surface area contributed by atoms with Gasteiger partial charge in [-0.15, -0.1) is 0 Å². The molecule has 0 unspecified atom stereocenters. The first-order valence-corrected chi connectivity index (χ1v) is 8.33. The number of anilines is 2. The smallest absolute Gasteiger partial charge is 0.264 e. The fraction of sp³-hybridized carbons (Fsp3) is 0.143. The molecule has 0 aromatic heterocycles. The van der Waals surface area contributed by atoms with E-state index < -0.39 is 10.0 Å². The molecule has 0 bridgehead atoms. The Balaban J connectivity index is 2.45. The SMILES string of the molecule is COc1cc(Br)cc(NS(=O)(=O)c2c(C)cccc2N)c1. The first kappa shape index (κ1) is 15.7. The molecule has 5 nitrogen and oxygen atoms in total. The second kappa shape index (κ2) is 5.95. The number of hydrogen-bond donors (Lipinski definition) is 2. The van der Waals surface area contributed by atoms with Crippen LogP contribution in [-0.2, 0) is 10.0 Å². The summed E-state index contributed by atoms with van der Waals surface area (Å²) >= 11 is 3.31. The van der Waals surface area contributed by atoms with Gasteiger partial charge in [0.2, 0.25) is 0 Å². The number of sulfonamides is 1. The van der Waals surface area contributed by atoms with Crippen molar-refractivity contribution in [3.8, 4) is 5.75 Å². The van der Waals surface area contributed by atoms with Gasteiger partial charge in [0.05, 0.1) is 18.5 Å². The van der Waals surface area contributed by atoms with Crippen LogP contribution in [0.5, 0.6) is 5.75 Å². The topological polar surface area (TPSA) is 81.4 Å². The molecule has 0 aliphatic heterocycles. The lowest BCUT2D eigenvalue weighted by Crippen LogP contribution is -2.16. The van der Waals surface area contributed by atoms with E-state index in [9.17, 15) is 8.42 Å². The number of hydrogen-bond acceptors (Lipinski definition) is 4. The van der Waals surface area contributed by atoms with E-state index in [0.29, 0.717) is 21.5 Å². The summed E-state index contributed by atoms with van der Waals surface area (Å²) in [6.45, 7) is 1.70. The van der Waals surface area contributed by atoms with Crippen molar-refractivity contribution >= 4 is 37.3 Å². The molecular formula is C14H15BrN2O3S. The van der Waals surface area contributed by atoms with Crippen LogP contribution in [0.1, 0.15) is 5.56 Å². The number of nitrogens with one attached hydrogen (secondary N) is 1. The van der Waals surface area contributed by atoms with E-state index in [2.05, 4.69) is 20.7 Å². The molecular weight excluding hydrogens is 356 g/mol. The Kier molecular flexibility index (Phi) is 4.43. The lowest BCUT2D eigenvalue weighted by molar-refractivity contribution is 0.415. The number of ether oxygens (including phenoxy) is 1. The fourth-order valence-corrected chi connectivity index (χ4v) is 3.86. The minimum atomic E-state index is -3.77. The highest BCUT2D eigenvalue weighted by molar-refractivity contribution is 9.10. The predicted molar refractivity (Wildman–Crippen MR) is 87.1 cm³/mol. The van der Waals surface area contributed by atoms with E-state index in [0.717, 1.165) is 0 Å². The van der Waals surface area contributed by atoms with Gasteiger partial charge < -0.3 is 10.5 Å². The summed E-state index contributed by atoms with van der Waals surface area (Å²) in [7, 11) is -2.25. The maximum atomic E-state index is 12.5. The van der Waals surface area contributed by atoms with Crippen LogP contribution in [0.4, 0.5) is 11.4 Å². The first-order valence-electron chi connectivity index (χ1n) is 6.06. The Morgan fingerprint density at radius 3 is 2.57 bits per heavy atom. The summed E-state index contributed by atoms with van der Waals surface area (Å²) in [4.78, 5) is 0.0870. The maximum absolute atomic E-state index is 12.5. The van der Waals surface area contributed by atoms with E-state index in [-0.39, 0.29) is 10.6 Å². The maximum Gasteiger partial charge on any atom is 0.264 e. The third kappa shape index (κ3) is 3.48. The average Bonchev–Trinajstić information content (AvgIpc) is 2.36. The lowest BCUT2D eigenvalue weighted by atomic mass is 10.2. The van der Waals surface area contributed by atoms with Crippen LogP contribution in [0.3, 0.4) is 0 Å². The zero-order chi connectivity index (χ0) is 15.6. The minimum Gasteiger partial charge on any atom is -0.497 e. The minimum absolute atomic E-state index is 0.0870. The average molecular weight is 371 g/mol. The summed E-state index contributed by atoms with van der Waals surface area (Å²) < 4.78 is 33.3. The molecule has 0 spiro atoms. The Bertz CT molecular complexity index is 756. The third-order valence-corrected chi connectivity index (χ3v) is 4.93. The van der Waals surface area contributed by atoms with Gasteiger partial charge in [-0.25, -0.2) is 8.42 Å². The quantitative estimate of drug-likeness (QED) is 0.809. The Labute approximate surface area is 132 Å². The van der Waals surface area contributed by atoms with Gasteiger partial charge in [0, 0.05) is 10.5 Å². The summed E-state index contributed by atoms with van der Waals surface area (Å²) in [5.74, 6) is 0.542. The number of benzene rings is 2. The van der Waals surface area contributed by atoms with Gasteiger partial charge in [-0.05, 0) is 30.7 Å². The van der Waals surface area contributed by atoms with Gasteiger partial charge in [-0.3, -0.25) is 4.72 Å². The number of rotatable bonds is 4. The number of nitrogen functional groups attached to an aromatic ring is 1. The van der Waals surface area contributed by atoms with Crippen molar-refractivity contribution in [2.24, 2.45) is 0 Å². The van der Waals surface area contributed by atoms with Crippen molar-refractivity contribution < 1.29 is 13.2 Å². The Morgan fingerprint density at radius 1 is 1.24 bits per heavy atom. The molecule has 2 rings (SSSR count). The molecule has 0 fully saturated rings. The van der Waals surface area contributed by atoms with Crippen molar-refractivity contribution in [3.05, 3.63) is 46.4 Å². The molecule has 0 aliphatic carbocycles. The van der Waals surface area contributed by atoms with Gasteiger partial charge in [-0.2, -0.15) is 0 Å². The number of halogens is 1. The van der Waals surface area contributed by atoms with Crippen LogP contribution in [-0.4, -0.2) is 15.5 Å². The van der Waals surface area contributed by atoms with Crippen molar-refractivity contribution in [1.29, 1.82) is 0 Å². The van der Waals surface area contributed by atoms with Crippen molar-refractivity contribution in [3.63, 3.8) is 0 Å². The summed E-state index contributed by atoms with van der Waals surface area (Å²) in [6, 6.07) is 9.95. The highest BCUT2D eigenvalue weighted by Gasteiger charge is 2.20. The highest BCUT2D eigenvalue weighted by atomic mass is 79.9. The van der Waals surface area contributed by atoms with Crippen LogP contribution in [0.2, 0.25) is 0 Å². The Hall–Kier alpha value is -1.73. The van der Waals surface area contributed by atoms with E-state index in [1.165, 1.54) is 7.11 Å². The molecule has 3 N–H and O–H groups in total. The molecule has 0 amide bonds. The highest BCUT2D eigenvalue weighted by Crippen LogP contribution is 2.28. The van der Waals surface area contributed by atoms with Gasteiger partial charge in [0.15, 0.2) is 0 Å². The van der Waals surface area contributed by atoms with Crippen LogP contribution in [0, 0.1) is 6.92 Å². The molecule has 21 heavy (non-hydrogen) atoms. The Morgan fingerprint density at radius 2 is 1.95 bits per heavy atom.